The van der Waals surface area contributed by atoms with Gasteiger partial charge in [0.2, 0.25) is 0 Å². The second-order valence-electron chi connectivity index (χ2n) is 7.46. The third kappa shape index (κ3) is 5.02. The van der Waals surface area contributed by atoms with Gasteiger partial charge in [-0.2, -0.15) is 5.26 Å². The minimum atomic E-state index is -0.190. The maximum atomic E-state index is 12.7. The van der Waals surface area contributed by atoms with Crippen molar-refractivity contribution >= 4 is 11.6 Å². The summed E-state index contributed by atoms with van der Waals surface area (Å²) in [5.74, 6) is 1.19. The smallest absolute Gasteiger partial charge is 0.251 e. The number of nitrogens with one attached hydrogen (secondary N) is 2. The number of benzene rings is 2. The molecule has 0 aliphatic heterocycles. The molecule has 2 aromatic heterocycles. The van der Waals surface area contributed by atoms with E-state index in [1.54, 1.807) is 36.5 Å². The molecule has 0 radical (unpaired) electrons. The fourth-order valence-electron chi connectivity index (χ4n) is 3.32. The van der Waals surface area contributed by atoms with E-state index >= 15 is 0 Å². The van der Waals surface area contributed by atoms with Crippen molar-refractivity contribution in [2.75, 3.05) is 5.32 Å². The lowest BCUT2D eigenvalue weighted by Gasteiger charge is -2.11. The summed E-state index contributed by atoms with van der Waals surface area (Å²) in [6, 6.07) is 16.6. The summed E-state index contributed by atoms with van der Waals surface area (Å²) < 4.78 is 1.86. The third-order valence-electron chi connectivity index (χ3n) is 5.27. The predicted molar refractivity (Wildman–Crippen MR) is 123 cm³/mol. The van der Waals surface area contributed by atoms with Crippen molar-refractivity contribution in [3.05, 3.63) is 89.1 Å². The Balaban J connectivity index is 1.40. The van der Waals surface area contributed by atoms with Crippen molar-refractivity contribution in [3.63, 3.8) is 0 Å². The van der Waals surface area contributed by atoms with Gasteiger partial charge in [0.15, 0.2) is 11.6 Å². The van der Waals surface area contributed by atoms with Gasteiger partial charge in [0.05, 0.1) is 18.2 Å². The molecular weight excluding hydrogens is 416 g/mol. The van der Waals surface area contributed by atoms with Crippen molar-refractivity contribution in [1.29, 1.82) is 5.26 Å². The van der Waals surface area contributed by atoms with Gasteiger partial charge < -0.3 is 15.2 Å². The van der Waals surface area contributed by atoms with Gasteiger partial charge in [-0.05, 0) is 54.4 Å². The number of carbonyl (C=O) groups is 1. The molecule has 2 N–H and O–H groups in total. The highest BCUT2D eigenvalue weighted by molar-refractivity contribution is 5.95. The van der Waals surface area contributed by atoms with Gasteiger partial charge in [-0.25, -0.2) is 9.97 Å². The molecule has 0 saturated heterocycles. The topological polar surface area (TPSA) is 121 Å². The van der Waals surface area contributed by atoms with E-state index < -0.39 is 0 Å². The SMILES string of the molecule is Cc1ccc(C#N)cc1CNC(=O)c1cccc(NCc2nnc(-c3ccncn3)n2C)c1. The van der Waals surface area contributed by atoms with Crippen LogP contribution >= 0.6 is 0 Å². The normalized spacial score (nSPS) is 10.5. The molecule has 33 heavy (non-hydrogen) atoms. The van der Waals surface area contributed by atoms with Gasteiger partial charge in [-0.1, -0.05) is 12.1 Å². The maximum Gasteiger partial charge on any atom is 0.251 e. The zero-order chi connectivity index (χ0) is 23.2. The number of aromatic nitrogens is 5. The molecule has 0 aliphatic carbocycles. The van der Waals surface area contributed by atoms with Crippen LogP contribution in [0.3, 0.4) is 0 Å². The Bertz CT molecular complexity index is 1320. The zero-order valence-corrected chi connectivity index (χ0v) is 18.3. The van der Waals surface area contributed by atoms with Crippen LogP contribution in [0.25, 0.3) is 11.5 Å². The summed E-state index contributed by atoms with van der Waals surface area (Å²) in [5, 5.41) is 23.8. The number of nitriles is 1. The molecule has 9 heteroatoms. The minimum absolute atomic E-state index is 0.190. The average Bonchev–Trinajstić information content (AvgIpc) is 3.23. The quantitative estimate of drug-likeness (QED) is 0.455. The fraction of sp³-hybridized carbons (Fsp3) is 0.167. The van der Waals surface area contributed by atoms with Crippen LogP contribution < -0.4 is 10.6 Å². The van der Waals surface area contributed by atoms with Crippen LogP contribution in [-0.4, -0.2) is 30.6 Å². The Hall–Kier alpha value is -4.58. The van der Waals surface area contributed by atoms with Crippen molar-refractivity contribution in [1.82, 2.24) is 30.0 Å². The molecule has 2 heterocycles. The molecule has 2 aromatic carbocycles. The summed E-state index contributed by atoms with van der Waals surface area (Å²) >= 11 is 0. The highest BCUT2D eigenvalue weighted by atomic mass is 16.1. The number of amides is 1. The number of aryl methyl sites for hydroxylation is 1. The minimum Gasteiger partial charge on any atom is -0.378 e. The summed E-state index contributed by atoms with van der Waals surface area (Å²) in [5.41, 5.74) is 4.53. The number of carbonyl (C=O) groups excluding carboxylic acids is 1. The van der Waals surface area contributed by atoms with E-state index in [9.17, 15) is 4.79 Å². The second kappa shape index (κ2) is 9.70. The second-order valence-corrected chi connectivity index (χ2v) is 7.46. The van der Waals surface area contributed by atoms with Crippen LogP contribution in [0.15, 0.2) is 61.1 Å². The predicted octanol–water partition coefficient (Wildman–Crippen LogP) is 2.99. The molecule has 9 nitrogen and oxygen atoms in total. The van der Waals surface area contributed by atoms with Crippen molar-refractivity contribution in [2.24, 2.45) is 7.05 Å². The van der Waals surface area contributed by atoms with Crippen LogP contribution in [0.4, 0.5) is 5.69 Å². The molecule has 164 valence electrons. The molecule has 4 aromatic rings. The standard InChI is InChI=1S/C24H22N8O/c1-16-6-7-17(12-25)10-19(16)13-28-24(33)18-4-3-5-20(11-18)27-14-22-30-31-23(32(22)2)21-8-9-26-15-29-21/h3-11,15,27H,13-14H2,1-2H3,(H,28,33). The molecule has 0 aliphatic rings. The van der Waals surface area contributed by atoms with Gasteiger partial charge in [-0.15, -0.1) is 10.2 Å². The first-order valence-corrected chi connectivity index (χ1v) is 10.3. The molecule has 0 fully saturated rings. The fourth-order valence-corrected chi connectivity index (χ4v) is 3.32. The summed E-state index contributed by atoms with van der Waals surface area (Å²) in [6.07, 6.45) is 3.13. The maximum absolute atomic E-state index is 12.7. The highest BCUT2D eigenvalue weighted by Gasteiger charge is 2.12. The van der Waals surface area contributed by atoms with Crippen LogP contribution in [0.1, 0.15) is 32.9 Å². The lowest BCUT2D eigenvalue weighted by molar-refractivity contribution is 0.0951. The number of anilines is 1. The highest BCUT2D eigenvalue weighted by Crippen LogP contribution is 2.16. The monoisotopic (exact) mass is 438 g/mol. The molecule has 0 bridgehead atoms. The van der Waals surface area contributed by atoms with Gasteiger partial charge in [-0.3, -0.25) is 4.79 Å². The van der Waals surface area contributed by atoms with E-state index in [0.29, 0.717) is 35.7 Å². The Morgan fingerprint density at radius 1 is 1.12 bits per heavy atom. The first-order chi connectivity index (χ1) is 16.0. The molecule has 4 rings (SSSR count). The molecule has 0 unspecified atom stereocenters. The van der Waals surface area contributed by atoms with Gasteiger partial charge in [0, 0.05) is 31.0 Å². The van der Waals surface area contributed by atoms with E-state index in [-0.39, 0.29) is 5.91 Å². The molecule has 0 atom stereocenters. The molecule has 0 spiro atoms. The number of hydrogen-bond donors (Lipinski definition) is 2. The third-order valence-corrected chi connectivity index (χ3v) is 5.27. The van der Waals surface area contributed by atoms with Crippen LogP contribution in [0.2, 0.25) is 0 Å². The number of nitrogens with zero attached hydrogens (tertiary/aromatic N) is 6. The largest absolute Gasteiger partial charge is 0.378 e. The summed E-state index contributed by atoms with van der Waals surface area (Å²) in [4.78, 5) is 20.8. The van der Waals surface area contributed by atoms with Crippen molar-refractivity contribution in [2.45, 2.75) is 20.0 Å². The lowest BCUT2D eigenvalue weighted by Crippen LogP contribution is -2.23. The van der Waals surface area contributed by atoms with Gasteiger partial charge in [0.25, 0.3) is 5.91 Å². The van der Waals surface area contributed by atoms with E-state index in [1.165, 1.54) is 6.33 Å². The van der Waals surface area contributed by atoms with E-state index in [2.05, 4.69) is 36.9 Å². The average molecular weight is 438 g/mol. The van der Waals surface area contributed by atoms with Crippen molar-refractivity contribution < 1.29 is 4.79 Å². The van der Waals surface area contributed by atoms with E-state index in [0.717, 1.165) is 22.6 Å². The van der Waals surface area contributed by atoms with Crippen LogP contribution in [0.5, 0.6) is 0 Å². The first-order valence-electron chi connectivity index (χ1n) is 10.3. The first kappa shape index (κ1) is 21.6. The Morgan fingerprint density at radius 3 is 2.79 bits per heavy atom. The summed E-state index contributed by atoms with van der Waals surface area (Å²) in [7, 11) is 1.88. The zero-order valence-electron chi connectivity index (χ0n) is 18.3. The molecule has 0 saturated carbocycles. The van der Waals surface area contributed by atoms with Crippen molar-refractivity contribution in [3.8, 4) is 17.6 Å². The number of hydrogen-bond acceptors (Lipinski definition) is 7. The van der Waals surface area contributed by atoms with E-state index in [1.807, 2.05) is 36.7 Å². The lowest BCUT2D eigenvalue weighted by atomic mass is 10.1. The Labute approximate surface area is 191 Å². The van der Waals surface area contributed by atoms with E-state index in [4.69, 9.17) is 5.26 Å². The van der Waals surface area contributed by atoms with Crippen LogP contribution in [0, 0.1) is 18.3 Å². The van der Waals surface area contributed by atoms with Crippen LogP contribution in [-0.2, 0) is 20.1 Å². The Kier molecular flexibility index (Phi) is 6.36. The molecular formula is C24H22N8O. The summed E-state index contributed by atoms with van der Waals surface area (Å²) in [6.45, 7) is 2.73. The van der Waals surface area contributed by atoms with Gasteiger partial charge >= 0.3 is 0 Å². The molecule has 1 amide bonds. The van der Waals surface area contributed by atoms with Gasteiger partial charge in [0.1, 0.15) is 12.0 Å². The Morgan fingerprint density at radius 2 is 2.00 bits per heavy atom. The number of rotatable bonds is 7.